The van der Waals surface area contributed by atoms with Crippen molar-refractivity contribution in [3.63, 3.8) is 0 Å². The molecule has 0 bridgehead atoms. The van der Waals surface area contributed by atoms with E-state index in [0.717, 1.165) is 17.2 Å². The van der Waals surface area contributed by atoms with Crippen LogP contribution in [0.5, 0.6) is 0 Å². The van der Waals surface area contributed by atoms with Crippen LogP contribution in [0.3, 0.4) is 0 Å². The van der Waals surface area contributed by atoms with Crippen LogP contribution < -0.4 is 0 Å². The number of hydrogen-bond acceptors (Lipinski definition) is 3. The molecule has 1 amide bonds. The number of hydrogen-bond donors (Lipinski definition) is 1. The zero-order valence-corrected chi connectivity index (χ0v) is 14.2. The van der Waals surface area contributed by atoms with Crippen LogP contribution in [0, 0.1) is 37.4 Å². The molecule has 2 aliphatic rings. The van der Waals surface area contributed by atoms with Gasteiger partial charge in [0.25, 0.3) is 5.91 Å². The lowest BCUT2D eigenvalue weighted by atomic mass is 10.0. The van der Waals surface area contributed by atoms with E-state index in [4.69, 9.17) is 0 Å². The Balaban J connectivity index is 1.51. The fraction of sp³-hybridized carbons (Fsp3) is 0.250. The SMILES string of the molecule is O=C1c2cc([C]3[CH][CH][CH][CH]3)nn2C[C@@H](O)CN1CCc1ccc(F)cc1. The van der Waals surface area contributed by atoms with Crippen molar-refractivity contribution in [3.8, 4) is 0 Å². The van der Waals surface area contributed by atoms with Gasteiger partial charge in [-0.15, -0.1) is 0 Å². The Bertz CT molecular complexity index is 781. The van der Waals surface area contributed by atoms with E-state index >= 15 is 0 Å². The number of rotatable bonds is 4. The van der Waals surface area contributed by atoms with Crippen LogP contribution >= 0.6 is 0 Å². The summed E-state index contributed by atoms with van der Waals surface area (Å²) in [6.07, 6.45) is 7.64. The van der Waals surface area contributed by atoms with E-state index in [9.17, 15) is 14.3 Å². The third-order valence-electron chi connectivity index (χ3n) is 4.64. The van der Waals surface area contributed by atoms with E-state index in [1.165, 1.54) is 12.1 Å². The molecule has 1 aromatic carbocycles. The zero-order chi connectivity index (χ0) is 18.1. The maximum Gasteiger partial charge on any atom is 0.272 e. The highest BCUT2D eigenvalue weighted by molar-refractivity contribution is 5.93. The molecule has 4 rings (SSSR count). The molecule has 2 aromatic rings. The Labute approximate surface area is 152 Å². The molecule has 2 heterocycles. The molecule has 0 saturated heterocycles. The molecule has 1 atom stereocenters. The van der Waals surface area contributed by atoms with Crippen molar-refractivity contribution in [2.24, 2.45) is 0 Å². The van der Waals surface area contributed by atoms with E-state index < -0.39 is 6.10 Å². The summed E-state index contributed by atoms with van der Waals surface area (Å²) < 4.78 is 14.6. The number of carbonyl (C=O) groups excluding carboxylic acids is 1. The van der Waals surface area contributed by atoms with Gasteiger partial charge >= 0.3 is 0 Å². The molecular weight excluding hydrogens is 333 g/mol. The number of fused-ring (bicyclic) bond motifs is 1. The Morgan fingerprint density at radius 3 is 2.62 bits per heavy atom. The van der Waals surface area contributed by atoms with Gasteiger partial charge in [-0.2, -0.15) is 5.10 Å². The van der Waals surface area contributed by atoms with E-state index in [1.807, 2.05) is 25.7 Å². The van der Waals surface area contributed by atoms with Gasteiger partial charge in [0.2, 0.25) is 0 Å². The summed E-state index contributed by atoms with van der Waals surface area (Å²) in [5.41, 5.74) is 2.16. The molecular formula is C20H19FN3O2. The number of nitrogens with zero attached hydrogens (tertiary/aromatic N) is 3. The molecule has 5 nitrogen and oxygen atoms in total. The van der Waals surface area contributed by atoms with Crippen LogP contribution in [0.1, 0.15) is 21.7 Å². The van der Waals surface area contributed by atoms with Crippen molar-refractivity contribution in [3.05, 3.63) is 84.7 Å². The van der Waals surface area contributed by atoms with Gasteiger partial charge in [0, 0.05) is 19.0 Å². The number of benzene rings is 1. The zero-order valence-electron chi connectivity index (χ0n) is 14.2. The van der Waals surface area contributed by atoms with Gasteiger partial charge in [0.05, 0.1) is 18.3 Å². The molecule has 0 spiro atoms. The van der Waals surface area contributed by atoms with Gasteiger partial charge < -0.3 is 10.0 Å². The second-order valence-electron chi connectivity index (χ2n) is 6.55. The van der Waals surface area contributed by atoms with Crippen molar-refractivity contribution in [2.45, 2.75) is 19.1 Å². The summed E-state index contributed by atoms with van der Waals surface area (Å²) in [5, 5.41) is 14.8. The van der Waals surface area contributed by atoms with E-state index in [0.29, 0.717) is 18.7 Å². The minimum atomic E-state index is -0.680. The Morgan fingerprint density at radius 1 is 1.15 bits per heavy atom. The molecule has 26 heavy (non-hydrogen) atoms. The fourth-order valence-corrected chi connectivity index (χ4v) is 3.28. The van der Waals surface area contributed by atoms with Crippen molar-refractivity contribution in [1.82, 2.24) is 14.7 Å². The number of carbonyl (C=O) groups is 1. The van der Waals surface area contributed by atoms with Gasteiger partial charge in [-0.05, 0) is 55.9 Å². The second-order valence-corrected chi connectivity index (χ2v) is 6.55. The maximum absolute atomic E-state index is 13.0. The maximum atomic E-state index is 13.0. The third-order valence-corrected chi connectivity index (χ3v) is 4.64. The van der Waals surface area contributed by atoms with Crippen molar-refractivity contribution >= 4 is 5.91 Å². The predicted molar refractivity (Wildman–Crippen MR) is 93.8 cm³/mol. The first-order valence-corrected chi connectivity index (χ1v) is 8.62. The van der Waals surface area contributed by atoms with Crippen LogP contribution in [0.4, 0.5) is 4.39 Å². The first-order chi connectivity index (χ1) is 12.6. The average molecular weight is 352 g/mol. The van der Waals surface area contributed by atoms with Crippen molar-refractivity contribution in [1.29, 1.82) is 0 Å². The van der Waals surface area contributed by atoms with Gasteiger partial charge in [-0.3, -0.25) is 9.48 Å². The highest BCUT2D eigenvalue weighted by atomic mass is 19.1. The standard InChI is InChI=1S/C20H19FN3O2/c21-16-7-5-14(6-8-16)9-10-23-12-17(25)13-24-19(20(23)26)11-18(22-24)15-3-1-2-4-15/h1-8,11,17,25H,9-10,12-13H2/t17-/m0/s1. The van der Waals surface area contributed by atoms with Gasteiger partial charge in [0.1, 0.15) is 11.5 Å². The molecule has 1 aliphatic heterocycles. The second kappa shape index (κ2) is 7.19. The van der Waals surface area contributed by atoms with Crippen LogP contribution in [-0.2, 0) is 13.0 Å². The summed E-state index contributed by atoms with van der Waals surface area (Å²) in [5.74, 6) is 0.527. The largest absolute Gasteiger partial charge is 0.389 e. The fourth-order valence-electron chi connectivity index (χ4n) is 3.28. The highest BCUT2D eigenvalue weighted by Gasteiger charge is 2.31. The topological polar surface area (TPSA) is 58.4 Å². The van der Waals surface area contributed by atoms with Crippen molar-refractivity contribution < 1.29 is 14.3 Å². The average Bonchev–Trinajstić information content (AvgIpc) is 3.27. The quantitative estimate of drug-likeness (QED) is 0.913. The van der Waals surface area contributed by atoms with Crippen LogP contribution in [0.25, 0.3) is 0 Å². The van der Waals surface area contributed by atoms with Crippen LogP contribution in [0.2, 0.25) is 0 Å². The molecule has 133 valence electrons. The highest BCUT2D eigenvalue weighted by Crippen LogP contribution is 2.30. The molecule has 5 radical (unpaired) electrons. The Kier molecular flexibility index (Phi) is 4.76. The van der Waals surface area contributed by atoms with Gasteiger partial charge in [0.15, 0.2) is 0 Å². The normalized spacial score (nSPS) is 21.1. The molecule has 0 unspecified atom stereocenters. The van der Waals surface area contributed by atoms with Crippen LogP contribution in [-0.4, -0.2) is 44.9 Å². The minimum Gasteiger partial charge on any atom is -0.389 e. The number of β-amino-alcohol motifs (C(OH)–C–C–N with tert-alkyl or cyclic N) is 1. The number of aliphatic hydroxyl groups excluding tert-OH is 1. The molecule has 1 N–H and O–H groups in total. The Morgan fingerprint density at radius 2 is 1.88 bits per heavy atom. The van der Waals surface area contributed by atoms with Crippen molar-refractivity contribution in [2.75, 3.05) is 13.1 Å². The summed E-state index contributed by atoms with van der Waals surface area (Å²) in [4.78, 5) is 14.6. The summed E-state index contributed by atoms with van der Waals surface area (Å²) >= 11 is 0. The third kappa shape index (κ3) is 3.51. The van der Waals surface area contributed by atoms with Gasteiger partial charge in [-0.1, -0.05) is 12.1 Å². The first kappa shape index (κ1) is 17.2. The Hall–Kier alpha value is -2.21. The number of aromatic nitrogens is 2. The molecule has 1 aliphatic carbocycles. The first-order valence-electron chi connectivity index (χ1n) is 8.62. The van der Waals surface area contributed by atoms with Gasteiger partial charge in [-0.25, -0.2) is 4.39 Å². The number of aliphatic hydroxyl groups is 1. The molecule has 6 heteroatoms. The summed E-state index contributed by atoms with van der Waals surface area (Å²) in [6, 6.07) is 8.03. The predicted octanol–water partition coefficient (Wildman–Crippen LogP) is 1.83. The smallest absolute Gasteiger partial charge is 0.272 e. The van der Waals surface area contributed by atoms with E-state index in [-0.39, 0.29) is 24.8 Å². The lowest BCUT2D eigenvalue weighted by Gasteiger charge is -2.22. The summed E-state index contributed by atoms with van der Waals surface area (Å²) in [7, 11) is 0. The summed E-state index contributed by atoms with van der Waals surface area (Å²) in [6.45, 7) is 1.00. The lowest BCUT2D eigenvalue weighted by Crippen LogP contribution is -2.37. The van der Waals surface area contributed by atoms with Crippen LogP contribution in [0.15, 0.2) is 30.3 Å². The number of halogens is 1. The molecule has 1 fully saturated rings. The molecule has 1 aromatic heterocycles. The number of amides is 1. The minimum absolute atomic E-state index is 0.144. The lowest BCUT2D eigenvalue weighted by molar-refractivity contribution is 0.0648. The van der Waals surface area contributed by atoms with E-state index in [1.54, 1.807) is 27.8 Å². The molecule has 1 saturated carbocycles. The van der Waals surface area contributed by atoms with E-state index in [2.05, 4.69) is 5.10 Å². The monoisotopic (exact) mass is 352 g/mol.